The molecule has 0 N–H and O–H groups in total. The van der Waals surface area contributed by atoms with Crippen LogP contribution in [0.3, 0.4) is 0 Å². The Bertz CT molecular complexity index is 755. The fourth-order valence-electron chi connectivity index (χ4n) is 3.02. The molecule has 1 aliphatic rings. The number of hydrogen-bond donors (Lipinski definition) is 0. The second kappa shape index (κ2) is 7.34. The molecule has 1 atom stereocenters. The van der Waals surface area contributed by atoms with Crippen molar-refractivity contribution in [1.29, 1.82) is 0 Å². The second-order valence-electron chi connectivity index (χ2n) is 6.09. The highest BCUT2D eigenvalue weighted by molar-refractivity contribution is 5.76. The molecule has 5 nitrogen and oxygen atoms in total. The first-order valence-corrected chi connectivity index (χ1v) is 8.29. The average Bonchev–Trinajstić information content (AvgIpc) is 3.04. The van der Waals surface area contributed by atoms with E-state index in [9.17, 15) is 9.59 Å². The van der Waals surface area contributed by atoms with Crippen molar-refractivity contribution in [3.63, 3.8) is 0 Å². The Morgan fingerprint density at radius 2 is 1.96 bits per heavy atom. The number of likely N-dealkylation sites (tertiary alicyclic amines) is 1. The van der Waals surface area contributed by atoms with Crippen molar-refractivity contribution >= 4 is 5.91 Å². The van der Waals surface area contributed by atoms with Gasteiger partial charge in [0.05, 0.1) is 6.54 Å². The Balaban J connectivity index is 1.52. The van der Waals surface area contributed by atoms with Crippen molar-refractivity contribution in [1.82, 2.24) is 9.47 Å². The zero-order valence-corrected chi connectivity index (χ0v) is 13.9. The number of benzene rings is 1. The predicted molar refractivity (Wildman–Crippen MR) is 92.1 cm³/mol. The van der Waals surface area contributed by atoms with E-state index in [0.717, 1.165) is 17.9 Å². The van der Waals surface area contributed by atoms with Gasteiger partial charge in [0.2, 0.25) is 5.91 Å². The van der Waals surface area contributed by atoms with Crippen LogP contribution < -0.4 is 10.3 Å². The van der Waals surface area contributed by atoms with Crippen LogP contribution in [-0.2, 0) is 11.3 Å². The first-order valence-electron chi connectivity index (χ1n) is 8.29. The number of aryl methyl sites for hydroxylation is 1. The van der Waals surface area contributed by atoms with Crippen LogP contribution in [0.4, 0.5) is 0 Å². The van der Waals surface area contributed by atoms with Crippen LogP contribution in [0.15, 0.2) is 53.3 Å². The molecule has 126 valence electrons. The molecule has 0 radical (unpaired) electrons. The second-order valence-corrected chi connectivity index (χ2v) is 6.09. The van der Waals surface area contributed by atoms with E-state index in [0.29, 0.717) is 26.1 Å². The minimum Gasteiger partial charge on any atom is -0.489 e. The van der Waals surface area contributed by atoms with E-state index in [1.165, 1.54) is 6.07 Å². The summed E-state index contributed by atoms with van der Waals surface area (Å²) in [5.74, 6) is 0.910. The van der Waals surface area contributed by atoms with Gasteiger partial charge >= 0.3 is 0 Å². The van der Waals surface area contributed by atoms with Gasteiger partial charge in [0.1, 0.15) is 11.9 Å². The number of hydrogen-bond acceptors (Lipinski definition) is 3. The van der Waals surface area contributed by atoms with Crippen LogP contribution in [-0.4, -0.2) is 34.6 Å². The molecule has 0 saturated carbocycles. The Morgan fingerprint density at radius 1 is 1.17 bits per heavy atom. The molecular formula is C19H22N2O3. The molecule has 1 saturated heterocycles. The van der Waals surface area contributed by atoms with Gasteiger partial charge < -0.3 is 14.2 Å². The Kier molecular flexibility index (Phi) is 4.99. The monoisotopic (exact) mass is 326 g/mol. The number of carbonyl (C=O) groups is 1. The molecule has 2 heterocycles. The number of carbonyl (C=O) groups excluding carboxylic acids is 1. The van der Waals surface area contributed by atoms with E-state index >= 15 is 0 Å². The number of rotatable bonds is 5. The number of para-hydroxylation sites is 1. The Morgan fingerprint density at radius 3 is 2.71 bits per heavy atom. The molecule has 5 heteroatoms. The number of ether oxygens (including phenoxy) is 1. The topological polar surface area (TPSA) is 51.5 Å². The third-order valence-electron chi connectivity index (χ3n) is 4.36. The summed E-state index contributed by atoms with van der Waals surface area (Å²) in [5, 5.41) is 0. The molecule has 3 rings (SSSR count). The van der Waals surface area contributed by atoms with Crippen molar-refractivity contribution < 1.29 is 9.53 Å². The summed E-state index contributed by atoms with van der Waals surface area (Å²) in [4.78, 5) is 26.1. The molecule has 1 amide bonds. The molecule has 2 aromatic rings. The van der Waals surface area contributed by atoms with Crippen molar-refractivity contribution in [3.05, 3.63) is 64.6 Å². The highest BCUT2D eigenvalue weighted by Crippen LogP contribution is 2.18. The number of nitrogens with zero attached hydrogens (tertiary/aromatic N) is 2. The van der Waals surface area contributed by atoms with E-state index in [2.05, 4.69) is 0 Å². The summed E-state index contributed by atoms with van der Waals surface area (Å²) in [7, 11) is 0. The van der Waals surface area contributed by atoms with Crippen molar-refractivity contribution in [2.24, 2.45) is 0 Å². The minimum atomic E-state index is -0.0606. The van der Waals surface area contributed by atoms with E-state index in [-0.39, 0.29) is 17.6 Å². The summed E-state index contributed by atoms with van der Waals surface area (Å²) in [6.45, 7) is 3.62. The third kappa shape index (κ3) is 3.85. The Labute approximate surface area is 141 Å². The maximum Gasteiger partial charge on any atom is 0.250 e. The molecule has 0 spiro atoms. The largest absolute Gasteiger partial charge is 0.489 e. The van der Waals surface area contributed by atoms with E-state index in [1.807, 2.05) is 48.2 Å². The summed E-state index contributed by atoms with van der Waals surface area (Å²) in [6, 6.07) is 14.8. The van der Waals surface area contributed by atoms with Crippen molar-refractivity contribution in [2.45, 2.75) is 32.4 Å². The summed E-state index contributed by atoms with van der Waals surface area (Å²) in [6.07, 6.45) is 1.21. The lowest BCUT2D eigenvalue weighted by atomic mass is 10.3. The smallest absolute Gasteiger partial charge is 0.250 e. The maximum absolute atomic E-state index is 12.4. The van der Waals surface area contributed by atoms with Gasteiger partial charge in [-0.1, -0.05) is 24.3 Å². The SMILES string of the molecule is Cc1cccc(=O)n1CCC(=O)N1CCC(Oc2ccccc2)C1. The Hall–Kier alpha value is -2.56. The van der Waals surface area contributed by atoms with Gasteiger partial charge in [-0.05, 0) is 25.1 Å². The van der Waals surface area contributed by atoms with E-state index in [1.54, 1.807) is 10.6 Å². The van der Waals surface area contributed by atoms with Crippen molar-refractivity contribution in [3.8, 4) is 5.75 Å². The minimum absolute atomic E-state index is 0.0394. The first kappa shape index (κ1) is 16.3. The van der Waals surface area contributed by atoms with Gasteiger partial charge in [-0.2, -0.15) is 0 Å². The fraction of sp³-hybridized carbons (Fsp3) is 0.368. The van der Waals surface area contributed by atoms with Crippen LogP contribution in [0.1, 0.15) is 18.5 Å². The quantitative estimate of drug-likeness (QED) is 0.846. The van der Waals surface area contributed by atoms with Gasteiger partial charge in [0.15, 0.2) is 0 Å². The lowest BCUT2D eigenvalue weighted by Gasteiger charge is -2.18. The van der Waals surface area contributed by atoms with Gasteiger partial charge in [-0.15, -0.1) is 0 Å². The summed E-state index contributed by atoms with van der Waals surface area (Å²) in [5.41, 5.74) is 0.816. The maximum atomic E-state index is 12.4. The molecule has 1 aliphatic heterocycles. The summed E-state index contributed by atoms with van der Waals surface area (Å²) >= 11 is 0. The average molecular weight is 326 g/mol. The zero-order chi connectivity index (χ0) is 16.9. The standard InChI is InChI=1S/C19H22N2O3/c1-15-6-5-9-19(23)21(15)13-11-18(22)20-12-10-17(14-20)24-16-7-3-2-4-8-16/h2-9,17H,10-14H2,1H3. The van der Waals surface area contributed by atoms with Gasteiger partial charge in [-0.25, -0.2) is 0 Å². The first-order chi connectivity index (χ1) is 11.6. The zero-order valence-electron chi connectivity index (χ0n) is 13.9. The molecule has 24 heavy (non-hydrogen) atoms. The normalized spacial score (nSPS) is 17.0. The van der Waals surface area contributed by atoms with Crippen LogP contribution in [0, 0.1) is 6.92 Å². The molecule has 0 aliphatic carbocycles. The lowest BCUT2D eigenvalue weighted by Crippen LogP contribution is -2.32. The molecule has 0 bridgehead atoms. The molecule has 1 aromatic carbocycles. The highest BCUT2D eigenvalue weighted by atomic mass is 16.5. The highest BCUT2D eigenvalue weighted by Gasteiger charge is 2.27. The van der Waals surface area contributed by atoms with Gasteiger partial charge in [0, 0.05) is 37.7 Å². The van der Waals surface area contributed by atoms with Crippen LogP contribution in [0.2, 0.25) is 0 Å². The van der Waals surface area contributed by atoms with Gasteiger partial charge in [-0.3, -0.25) is 9.59 Å². The van der Waals surface area contributed by atoms with E-state index < -0.39 is 0 Å². The molecule has 1 fully saturated rings. The van der Waals surface area contributed by atoms with Crippen LogP contribution in [0.5, 0.6) is 5.75 Å². The van der Waals surface area contributed by atoms with Gasteiger partial charge in [0.25, 0.3) is 5.56 Å². The van der Waals surface area contributed by atoms with Crippen LogP contribution >= 0.6 is 0 Å². The number of aromatic nitrogens is 1. The number of pyridine rings is 1. The number of amides is 1. The van der Waals surface area contributed by atoms with Crippen LogP contribution in [0.25, 0.3) is 0 Å². The fourth-order valence-corrected chi connectivity index (χ4v) is 3.02. The third-order valence-corrected chi connectivity index (χ3v) is 4.36. The summed E-state index contributed by atoms with van der Waals surface area (Å²) < 4.78 is 7.55. The van der Waals surface area contributed by atoms with E-state index in [4.69, 9.17) is 4.74 Å². The molecular weight excluding hydrogens is 304 g/mol. The van der Waals surface area contributed by atoms with Crippen molar-refractivity contribution in [2.75, 3.05) is 13.1 Å². The molecule has 1 unspecified atom stereocenters. The lowest BCUT2D eigenvalue weighted by molar-refractivity contribution is -0.130. The molecule has 1 aromatic heterocycles. The predicted octanol–water partition coefficient (Wildman–Crippen LogP) is 2.23.